The number of hydrogen-bond acceptors (Lipinski definition) is 3. The van der Waals surface area contributed by atoms with E-state index < -0.39 is 0 Å². The van der Waals surface area contributed by atoms with Crippen molar-refractivity contribution in [1.82, 2.24) is 4.90 Å². The lowest BCUT2D eigenvalue weighted by Gasteiger charge is -2.12. The molecule has 0 spiro atoms. The third-order valence-corrected chi connectivity index (χ3v) is 2.51. The van der Waals surface area contributed by atoms with Gasteiger partial charge in [-0.15, -0.1) is 0 Å². The first kappa shape index (κ1) is 13.3. The maximum absolute atomic E-state index is 11.2. The topological polar surface area (TPSA) is 29.5 Å². The standard InChI is InChI=1S/C14H19NO2/c1-5-11-6-7-14(17-4)13(8-11)12(10-16)9-15(2)3/h6-10H,5H2,1-4H3/b12-9+. The van der Waals surface area contributed by atoms with E-state index in [1.807, 2.05) is 37.2 Å². The van der Waals surface area contributed by atoms with E-state index in [9.17, 15) is 4.79 Å². The molecule has 0 N–H and O–H groups in total. The molecule has 92 valence electrons. The van der Waals surface area contributed by atoms with Gasteiger partial charge in [-0.3, -0.25) is 4.79 Å². The number of hydrogen-bond donors (Lipinski definition) is 0. The molecule has 0 saturated heterocycles. The van der Waals surface area contributed by atoms with E-state index in [0.29, 0.717) is 5.57 Å². The molecule has 0 unspecified atom stereocenters. The number of nitrogens with zero attached hydrogens (tertiary/aromatic N) is 1. The van der Waals surface area contributed by atoms with Gasteiger partial charge in [0.25, 0.3) is 0 Å². The Morgan fingerprint density at radius 1 is 1.41 bits per heavy atom. The van der Waals surface area contributed by atoms with Crippen LogP contribution in [0.1, 0.15) is 18.1 Å². The first-order valence-corrected chi connectivity index (χ1v) is 5.63. The van der Waals surface area contributed by atoms with Crippen molar-refractivity contribution >= 4 is 11.9 Å². The Kier molecular flexibility index (Phi) is 4.76. The molecule has 0 aromatic heterocycles. The summed E-state index contributed by atoms with van der Waals surface area (Å²) in [5, 5.41) is 0. The third kappa shape index (κ3) is 3.34. The summed E-state index contributed by atoms with van der Waals surface area (Å²) < 4.78 is 5.29. The summed E-state index contributed by atoms with van der Waals surface area (Å²) >= 11 is 0. The molecular weight excluding hydrogens is 214 g/mol. The van der Waals surface area contributed by atoms with Gasteiger partial charge in [0, 0.05) is 31.4 Å². The Balaban J connectivity index is 3.29. The van der Waals surface area contributed by atoms with Crippen LogP contribution in [0.15, 0.2) is 24.4 Å². The van der Waals surface area contributed by atoms with Crippen LogP contribution in [0.5, 0.6) is 5.75 Å². The average Bonchev–Trinajstić information content (AvgIpc) is 2.34. The number of aldehydes is 1. The summed E-state index contributed by atoms with van der Waals surface area (Å²) in [4.78, 5) is 13.0. The van der Waals surface area contributed by atoms with E-state index in [0.717, 1.165) is 24.0 Å². The molecule has 3 heteroatoms. The summed E-state index contributed by atoms with van der Waals surface area (Å²) in [5.74, 6) is 0.724. The van der Waals surface area contributed by atoms with Gasteiger partial charge in [0.1, 0.15) is 5.75 Å². The highest BCUT2D eigenvalue weighted by Gasteiger charge is 2.09. The second-order valence-electron chi connectivity index (χ2n) is 4.05. The maximum atomic E-state index is 11.2. The number of allylic oxidation sites excluding steroid dienone is 1. The monoisotopic (exact) mass is 233 g/mol. The Morgan fingerprint density at radius 2 is 2.12 bits per heavy atom. The van der Waals surface area contributed by atoms with Crippen LogP contribution in [0.25, 0.3) is 5.57 Å². The number of rotatable bonds is 5. The zero-order chi connectivity index (χ0) is 12.8. The number of methoxy groups -OCH3 is 1. The van der Waals surface area contributed by atoms with Gasteiger partial charge in [-0.1, -0.05) is 13.0 Å². The minimum absolute atomic E-state index is 0.627. The SMILES string of the molecule is CCc1ccc(OC)c(/C(C=O)=C/N(C)C)c1. The van der Waals surface area contributed by atoms with Crippen molar-refractivity contribution in [2.45, 2.75) is 13.3 Å². The fourth-order valence-electron chi connectivity index (χ4n) is 1.64. The molecule has 1 aromatic carbocycles. The molecule has 0 saturated carbocycles. The van der Waals surface area contributed by atoms with Gasteiger partial charge in [0.05, 0.1) is 7.11 Å². The summed E-state index contributed by atoms with van der Waals surface area (Å²) in [6.07, 6.45) is 3.59. The Bertz CT molecular complexity index is 422. The fourth-order valence-corrected chi connectivity index (χ4v) is 1.64. The van der Waals surface area contributed by atoms with E-state index >= 15 is 0 Å². The van der Waals surface area contributed by atoms with E-state index in [1.54, 1.807) is 13.3 Å². The second kappa shape index (κ2) is 6.09. The molecule has 0 radical (unpaired) electrons. The van der Waals surface area contributed by atoms with Crippen molar-refractivity contribution in [3.05, 3.63) is 35.5 Å². The number of carbonyl (C=O) groups is 1. The molecule has 0 aliphatic carbocycles. The lowest BCUT2D eigenvalue weighted by Crippen LogP contribution is -2.04. The normalized spacial score (nSPS) is 11.2. The Labute approximate surface area is 103 Å². The molecule has 0 aliphatic rings. The highest BCUT2D eigenvalue weighted by molar-refractivity contribution is 6.07. The van der Waals surface area contributed by atoms with Crippen LogP contribution in [0.4, 0.5) is 0 Å². The summed E-state index contributed by atoms with van der Waals surface area (Å²) in [7, 11) is 5.39. The van der Waals surface area contributed by atoms with Crippen LogP contribution >= 0.6 is 0 Å². The molecule has 0 bridgehead atoms. The lowest BCUT2D eigenvalue weighted by atomic mass is 10.0. The highest BCUT2D eigenvalue weighted by atomic mass is 16.5. The van der Waals surface area contributed by atoms with Gasteiger partial charge in [0.15, 0.2) is 6.29 Å². The lowest BCUT2D eigenvalue weighted by molar-refractivity contribution is -0.103. The van der Waals surface area contributed by atoms with Gasteiger partial charge < -0.3 is 9.64 Å². The molecule has 3 nitrogen and oxygen atoms in total. The first-order valence-electron chi connectivity index (χ1n) is 5.63. The predicted molar refractivity (Wildman–Crippen MR) is 70.1 cm³/mol. The quantitative estimate of drug-likeness (QED) is 0.577. The molecule has 1 aromatic rings. The smallest absolute Gasteiger partial charge is 0.152 e. The van der Waals surface area contributed by atoms with Crippen LogP contribution in [-0.2, 0) is 11.2 Å². The molecule has 17 heavy (non-hydrogen) atoms. The minimum Gasteiger partial charge on any atom is -0.496 e. The predicted octanol–water partition coefficient (Wildman–Crippen LogP) is 2.36. The number of benzene rings is 1. The van der Waals surface area contributed by atoms with Crippen molar-refractivity contribution < 1.29 is 9.53 Å². The van der Waals surface area contributed by atoms with Crippen LogP contribution in [0.3, 0.4) is 0 Å². The zero-order valence-corrected chi connectivity index (χ0v) is 10.9. The van der Waals surface area contributed by atoms with Crippen molar-refractivity contribution in [3.8, 4) is 5.75 Å². The first-order chi connectivity index (χ1) is 8.12. The van der Waals surface area contributed by atoms with Crippen molar-refractivity contribution in [1.29, 1.82) is 0 Å². The molecule has 0 heterocycles. The van der Waals surface area contributed by atoms with Crippen molar-refractivity contribution in [2.75, 3.05) is 21.2 Å². The molecular formula is C14H19NO2. The largest absolute Gasteiger partial charge is 0.496 e. The minimum atomic E-state index is 0.627. The molecule has 0 aliphatic heterocycles. The third-order valence-electron chi connectivity index (χ3n) is 2.51. The van der Waals surface area contributed by atoms with E-state index in [4.69, 9.17) is 4.74 Å². The van der Waals surface area contributed by atoms with Gasteiger partial charge in [-0.05, 0) is 24.1 Å². The van der Waals surface area contributed by atoms with Crippen LogP contribution in [0.2, 0.25) is 0 Å². The average molecular weight is 233 g/mol. The number of carbonyl (C=O) groups excluding carboxylic acids is 1. The molecule has 1 rings (SSSR count). The van der Waals surface area contributed by atoms with Crippen molar-refractivity contribution in [2.24, 2.45) is 0 Å². The van der Waals surface area contributed by atoms with E-state index in [2.05, 4.69) is 6.92 Å². The molecule has 0 fully saturated rings. The fraction of sp³-hybridized carbons (Fsp3) is 0.357. The van der Waals surface area contributed by atoms with Crippen LogP contribution in [-0.4, -0.2) is 32.4 Å². The molecule has 0 atom stereocenters. The van der Waals surface area contributed by atoms with E-state index in [1.165, 1.54) is 5.56 Å². The molecule has 0 amide bonds. The van der Waals surface area contributed by atoms with Crippen LogP contribution in [0, 0.1) is 0 Å². The summed E-state index contributed by atoms with van der Waals surface area (Å²) in [5.41, 5.74) is 2.66. The Hall–Kier alpha value is -1.77. The Morgan fingerprint density at radius 3 is 2.59 bits per heavy atom. The van der Waals surface area contributed by atoms with E-state index in [-0.39, 0.29) is 0 Å². The maximum Gasteiger partial charge on any atom is 0.152 e. The van der Waals surface area contributed by atoms with Crippen LogP contribution < -0.4 is 4.74 Å². The van der Waals surface area contributed by atoms with Gasteiger partial charge >= 0.3 is 0 Å². The number of ether oxygens (including phenoxy) is 1. The summed E-state index contributed by atoms with van der Waals surface area (Å²) in [6.45, 7) is 2.09. The number of aryl methyl sites for hydroxylation is 1. The second-order valence-corrected chi connectivity index (χ2v) is 4.05. The van der Waals surface area contributed by atoms with Gasteiger partial charge in [-0.2, -0.15) is 0 Å². The van der Waals surface area contributed by atoms with Crippen molar-refractivity contribution in [3.63, 3.8) is 0 Å². The van der Waals surface area contributed by atoms with Gasteiger partial charge in [0.2, 0.25) is 0 Å². The highest BCUT2D eigenvalue weighted by Crippen LogP contribution is 2.26. The van der Waals surface area contributed by atoms with Gasteiger partial charge in [-0.25, -0.2) is 0 Å². The zero-order valence-electron chi connectivity index (χ0n) is 10.9. The summed E-state index contributed by atoms with van der Waals surface area (Å²) in [6, 6.07) is 5.92.